The number of nitrogens with one attached hydrogen (secondary N) is 2. The molecule has 18 heavy (non-hydrogen) atoms. The van der Waals surface area contributed by atoms with Crippen LogP contribution in [0.4, 0.5) is 8.78 Å². The molecular weight excluding hydrogens is 236 g/mol. The van der Waals surface area contributed by atoms with Gasteiger partial charge in [0.1, 0.15) is 17.5 Å². The predicted molar refractivity (Wildman–Crippen MR) is 65.9 cm³/mol. The second-order valence-electron chi connectivity index (χ2n) is 4.40. The van der Waals surface area contributed by atoms with Crippen molar-refractivity contribution in [1.82, 2.24) is 15.3 Å². The summed E-state index contributed by atoms with van der Waals surface area (Å²) >= 11 is 0. The molecule has 0 spiro atoms. The van der Waals surface area contributed by atoms with E-state index in [1.54, 1.807) is 0 Å². The second kappa shape index (κ2) is 5.27. The molecule has 2 rings (SSSR count). The van der Waals surface area contributed by atoms with Gasteiger partial charge in [0.2, 0.25) is 0 Å². The first-order valence-corrected chi connectivity index (χ1v) is 5.79. The van der Waals surface area contributed by atoms with Gasteiger partial charge in [-0.3, -0.25) is 0 Å². The fourth-order valence-electron chi connectivity index (χ4n) is 1.59. The zero-order valence-corrected chi connectivity index (χ0v) is 10.3. The molecule has 0 aliphatic rings. The van der Waals surface area contributed by atoms with Crippen LogP contribution in [0, 0.1) is 11.6 Å². The van der Waals surface area contributed by atoms with Crippen molar-refractivity contribution < 1.29 is 8.78 Å². The van der Waals surface area contributed by atoms with Gasteiger partial charge < -0.3 is 10.3 Å². The lowest BCUT2D eigenvalue weighted by Crippen LogP contribution is -2.22. The van der Waals surface area contributed by atoms with Crippen molar-refractivity contribution in [2.45, 2.75) is 26.4 Å². The van der Waals surface area contributed by atoms with Gasteiger partial charge in [-0.2, -0.15) is 0 Å². The van der Waals surface area contributed by atoms with Crippen molar-refractivity contribution in [1.29, 1.82) is 0 Å². The number of hydrogen-bond acceptors (Lipinski definition) is 2. The summed E-state index contributed by atoms with van der Waals surface area (Å²) in [6.45, 7) is 4.61. The van der Waals surface area contributed by atoms with Crippen LogP contribution in [0.5, 0.6) is 0 Å². The van der Waals surface area contributed by atoms with Crippen LogP contribution in [0.25, 0.3) is 11.3 Å². The quantitative estimate of drug-likeness (QED) is 0.877. The van der Waals surface area contributed by atoms with E-state index in [9.17, 15) is 8.78 Å². The third-order valence-corrected chi connectivity index (χ3v) is 2.52. The first-order valence-electron chi connectivity index (χ1n) is 5.79. The van der Waals surface area contributed by atoms with E-state index in [-0.39, 0.29) is 5.56 Å². The van der Waals surface area contributed by atoms with Crippen molar-refractivity contribution >= 4 is 0 Å². The first kappa shape index (κ1) is 12.7. The Hall–Kier alpha value is -1.75. The minimum atomic E-state index is -0.470. The molecule has 0 radical (unpaired) electrons. The summed E-state index contributed by atoms with van der Waals surface area (Å²) in [6, 6.07) is 3.70. The molecule has 0 fully saturated rings. The third-order valence-electron chi connectivity index (χ3n) is 2.52. The molecule has 0 atom stereocenters. The summed E-state index contributed by atoms with van der Waals surface area (Å²) in [4.78, 5) is 7.10. The molecule has 0 bridgehead atoms. The van der Waals surface area contributed by atoms with E-state index >= 15 is 0 Å². The maximum atomic E-state index is 13.5. The zero-order valence-electron chi connectivity index (χ0n) is 10.3. The van der Waals surface area contributed by atoms with Crippen LogP contribution in [-0.4, -0.2) is 16.0 Å². The number of aromatic amines is 1. The molecule has 2 N–H and O–H groups in total. The van der Waals surface area contributed by atoms with Crippen LogP contribution >= 0.6 is 0 Å². The molecular formula is C13H15F2N3. The number of hydrogen-bond donors (Lipinski definition) is 2. The first-order chi connectivity index (χ1) is 8.56. The average molecular weight is 251 g/mol. The van der Waals surface area contributed by atoms with Crippen LogP contribution in [-0.2, 0) is 6.54 Å². The number of H-pyrrole nitrogens is 1. The summed E-state index contributed by atoms with van der Waals surface area (Å²) in [5.74, 6) is -0.242. The number of halogens is 2. The lowest BCUT2D eigenvalue weighted by Gasteiger charge is -2.05. The van der Waals surface area contributed by atoms with Crippen LogP contribution in [0.2, 0.25) is 0 Å². The average Bonchev–Trinajstić information content (AvgIpc) is 2.78. The molecule has 0 saturated carbocycles. The summed E-state index contributed by atoms with van der Waals surface area (Å²) in [5, 5.41) is 3.19. The lowest BCUT2D eigenvalue weighted by atomic mass is 10.1. The van der Waals surface area contributed by atoms with Gasteiger partial charge >= 0.3 is 0 Å². The van der Waals surface area contributed by atoms with Gasteiger partial charge in [-0.15, -0.1) is 0 Å². The molecule has 1 heterocycles. The topological polar surface area (TPSA) is 40.7 Å². The number of benzene rings is 1. The van der Waals surface area contributed by atoms with E-state index in [1.807, 2.05) is 13.8 Å². The summed E-state index contributed by atoms with van der Waals surface area (Å²) in [7, 11) is 0. The van der Waals surface area contributed by atoms with Gasteiger partial charge in [0, 0.05) is 11.6 Å². The molecule has 96 valence electrons. The highest BCUT2D eigenvalue weighted by atomic mass is 19.1. The van der Waals surface area contributed by atoms with Gasteiger partial charge in [0.25, 0.3) is 0 Å². The van der Waals surface area contributed by atoms with Crippen LogP contribution in [0.3, 0.4) is 0 Å². The van der Waals surface area contributed by atoms with E-state index in [0.717, 1.165) is 18.2 Å². The van der Waals surface area contributed by atoms with Crippen molar-refractivity contribution in [3.8, 4) is 11.3 Å². The minimum Gasteiger partial charge on any atom is -0.341 e. The normalized spacial score (nSPS) is 11.2. The van der Waals surface area contributed by atoms with Gasteiger partial charge in [-0.25, -0.2) is 13.8 Å². The van der Waals surface area contributed by atoms with Gasteiger partial charge in [-0.1, -0.05) is 13.8 Å². The third kappa shape index (κ3) is 2.92. The van der Waals surface area contributed by atoms with Crippen molar-refractivity contribution in [3.63, 3.8) is 0 Å². The zero-order chi connectivity index (χ0) is 13.1. The molecule has 0 amide bonds. The highest BCUT2D eigenvalue weighted by molar-refractivity contribution is 5.59. The van der Waals surface area contributed by atoms with E-state index in [2.05, 4.69) is 15.3 Å². The Morgan fingerprint density at radius 2 is 2.11 bits per heavy atom. The smallest absolute Gasteiger partial charge is 0.132 e. The molecule has 1 aromatic heterocycles. The Kier molecular flexibility index (Phi) is 3.72. The van der Waals surface area contributed by atoms with E-state index in [0.29, 0.717) is 24.1 Å². The SMILES string of the molecule is CC(C)NCc1ncc(-c2cc(F)ccc2F)[nH]1. The number of rotatable bonds is 4. The Morgan fingerprint density at radius 1 is 1.33 bits per heavy atom. The highest BCUT2D eigenvalue weighted by Gasteiger charge is 2.09. The maximum Gasteiger partial charge on any atom is 0.132 e. The Morgan fingerprint density at radius 3 is 2.83 bits per heavy atom. The molecule has 0 aliphatic carbocycles. The van der Waals surface area contributed by atoms with Crippen LogP contribution < -0.4 is 5.32 Å². The number of imidazole rings is 1. The number of nitrogens with zero attached hydrogens (tertiary/aromatic N) is 1. The lowest BCUT2D eigenvalue weighted by molar-refractivity contribution is 0.575. The molecule has 2 aromatic rings. The summed E-state index contributed by atoms with van der Waals surface area (Å²) in [5.41, 5.74) is 0.672. The molecule has 1 aromatic carbocycles. The maximum absolute atomic E-state index is 13.5. The number of aromatic nitrogens is 2. The Bertz CT molecular complexity index is 535. The minimum absolute atomic E-state index is 0.193. The molecule has 0 aliphatic heterocycles. The Balaban J connectivity index is 2.21. The molecule has 5 heteroatoms. The predicted octanol–water partition coefficient (Wildman–Crippen LogP) is 2.85. The Labute approximate surface area is 104 Å². The van der Waals surface area contributed by atoms with Gasteiger partial charge in [-0.05, 0) is 18.2 Å². The highest BCUT2D eigenvalue weighted by Crippen LogP contribution is 2.21. The largest absolute Gasteiger partial charge is 0.341 e. The van der Waals surface area contributed by atoms with Gasteiger partial charge in [0.15, 0.2) is 0 Å². The molecule has 0 unspecified atom stereocenters. The monoisotopic (exact) mass is 251 g/mol. The van der Waals surface area contributed by atoms with E-state index in [4.69, 9.17) is 0 Å². The molecule has 0 saturated heterocycles. The van der Waals surface area contributed by atoms with E-state index in [1.165, 1.54) is 6.20 Å². The van der Waals surface area contributed by atoms with Crippen molar-refractivity contribution in [3.05, 3.63) is 41.9 Å². The molecule has 3 nitrogen and oxygen atoms in total. The second-order valence-corrected chi connectivity index (χ2v) is 4.40. The fourth-order valence-corrected chi connectivity index (χ4v) is 1.59. The fraction of sp³-hybridized carbons (Fsp3) is 0.308. The van der Waals surface area contributed by atoms with E-state index < -0.39 is 11.6 Å². The summed E-state index contributed by atoms with van der Waals surface area (Å²) < 4.78 is 26.6. The van der Waals surface area contributed by atoms with Crippen LogP contribution in [0.15, 0.2) is 24.4 Å². The standard InChI is InChI=1S/C13H15F2N3/c1-8(2)16-7-13-17-6-12(18-13)10-5-9(14)3-4-11(10)15/h3-6,8,16H,7H2,1-2H3,(H,17,18). The van der Waals surface area contributed by atoms with Gasteiger partial charge in [0.05, 0.1) is 18.4 Å². The summed E-state index contributed by atoms with van der Waals surface area (Å²) in [6.07, 6.45) is 1.51. The van der Waals surface area contributed by atoms with Crippen molar-refractivity contribution in [2.24, 2.45) is 0 Å². The van der Waals surface area contributed by atoms with Crippen molar-refractivity contribution in [2.75, 3.05) is 0 Å². The van der Waals surface area contributed by atoms with Crippen LogP contribution in [0.1, 0.15) is 19.7 Å².